The summed E-state index contributed by atoms with van der Waals surface area (Å²) in [6, 6.07) is 13.4. The maximum Gasteiger partial charge on any atom is 0.300 e. The fraction of sp³-hybridized carbons (Fsp3) is 0.0667. The van der Waals surface area contributed by atoms with Crippen molar-refractivity contribution in [3.05, 3.63) is 53.9 Å². The quantitative estimate of drug-likeness (QED) is 0.791. The van der Waals surface area contributed by atoms with Gasteiger partial charge < -0.3 is 4.42 Å². The van der Waals surface area contributed by atoms with E-state index in [4.69, 9.17) is 9.68 Å². The molecule has 1 aromatic carbocycles. The molecule has 2 heterocycles. The molecule has 0 unspecified atom stereocenters. The summed E-state index contributed by atoms with van der Waals surface area (Å²) in [5.74, 6) is 1.13. The van der Waals surface area contributed by atoms with Crippen molar-refractivity contribution in [2.45, 2.75) is 6.92 Å². The van der Waals surface area contributed by atoms with E-state index in [2.05, 4.69) is 20.5 Å². The fourth-order valence-corrected chi connectivity index (χ4v) is 1.75. The third-order valence-corrected chi connectivity index (χ3v) is 2.86. The SMILES string of the molecule is Cc1ccc(-c2cnc(Nc3ccc(C#N)nn3)o2)cc1. The summed E-state index contributed by atoms with van der Waals surface area (Å²) in [6.07, 6.45) is 1.64. The monoisotopic (exact) mass is 277 g/mol. The minimum atomic E-state index is 0.258. The van der Waals surface area contributed by atoms with Crippen molar-refractivity contribution in [1.82, 2.24) is 15.2 Å². The van der Waals surface area contributed by atoms with Crippen LogP contribution < -0.4 is 5.32 Å². The first-order chi connectivity index (χ1) is 10.2. The summed E-state index contributed by atoms with van der Waals surface area (Å²) in [7, 11) is 0. The van der Waals surface area contributed by atoms with E-state index in [1.807, 2.05) is 37.3 Å². The number of aromatic nitrogens is 3. The Kier molecular flexibility index (Phi) is 3.31. The molecule has 0 saturated carbocycles. The normalized spacial score (nSPS) is 10.1. The van der Waals surface area contributed by atoms with E-state index in [0.29, 0.717) is 17.6 Å². The third-order valence-electron chi connectivity index (χ3n) is 2.86. The molecule has 0 aliphatic carbocycles. The van der Waals surface area contributed by atoms with Gasteiger partial charge in [-0.15, -0.1) is 10.2 Å². The molecule has 21 heavy (non-hydrogen) atoms. The van der Waals surface area contributed by atoms with Gasteiger partial charge in [0, 0.05) is 5.56 Å². The highest BCUT2D eigenvalue weighted by Gasteiger charge is 2.07. The lowest BCUT2D eigenvalue weighted by molar-refractivity contribution is 0.591. The predicted octanol–water partition coefficient (Wildman–Crippen LogP) is 3.06. The second-order valence-corrected chi connectivity index (χ2v) is 4.44. The molecule has 102 valence electrons. The van der Waals surface area contributed by atoms with Crippen LogP contribution in [0, 0.1) is 18.3 Å². The van der Waals surface area contributed by atoms with Gasteiger partial charge in [-0.2, -0.15) is 5.26 Å². The molecule has 0 saturated heterocycles. The molecule has 0 atom stereocenters. The van der Waals surface area contributed by atoms with Gasteiger partial charge in [0.1, 0.15) is 6.07 Å². The van der Waals surface area contributed by atoms with Gasteiger partial charge in [-0.25, -0.2) is 4.98 Å². The number of hydrogen-bond donors (Lipinski definition) is 1. The Morgan fingerprint density at radius 2 is 1.90 bits per heavy atom. The Morgan fingerprint density at radius 1 is 1.10 bits per heavy atom. The minimum absolute atomic E-state index is 0.258. The van der Waals surface area contributed by atoms with Gasteiger partial charge >= 0.3 is 6.01 Å². The molecular weight excluding hydrogens is 266 g/mol. The summed E-state index contributed by atoms with van der Waals surface area (Å²) >= 11 is 0. The first-order valence-corrected chi connectivity index (χ1v) is 6.28. The second kappa shape index (κ2) is 5.43. The highest BCUT2D eigenvalue weighted by Crippen LogP contribution is 2.24. The lowest BCUT2D eigenvalue weighted by Crippen LogP contribution is -1.96. The lowest BCUT2D eigenvalue weighted by Gasteiger charge is -1.99. The zero-order chi connectivity index (χ0) is 14.7. The van der Waals surface area contributed by atoms with Gasteiger partial charge in [0.15, 0.2) is 17.3 Å². The van der Waals surface area contributed by atoms with Crippen LogP contribution in [0.2, 0.25) is 0 Å². The maximum absolute atomic E-state index is 8.66. The molecule has 0 bridgehead atoms. The number of benzene rings is 1. The summed E-state index contributed by atoms with van der Waals surface area (Å²) in [4.78, 5) is 4.14. The van der Waals surface area contributed by atoms with E-state index in [9.17, 15) is 0 Å². The topological polar surface area (TPSA) is 87.6 Å². The first-order valence-electron chi connectivity index (χ1n) is 6.28. The van der Waals surface area contributed by atoms with Crippen molar-refractivity contribution in [2.75, 3.05) is 5.32 Å². The van der Waals surface area contributed by atoms with Crippen LogP contribution in [0.4, 0.5) is 11.8 Å². The molecule has 0 spiro atoms. The summed E-state index contributed by atoms with van der Waals surface area (Å²) in [5, 5.41) is 19.1. The van der Waals surface area contributed by atoms with Crippen molar-refractivity contribution in [2.24, 2.45) is 0 Å². The zero-order valence-corrected chi connectivity index (χ0v) is 11.2. The number of nitriles is 1. The van der Waals surface area contributed by atoms with Crippen LogP contribution in [-0.4, -0.2) is 15.2 Å². The van der Waals surface area contributed by atoms with Gasteiger partial charge in [-0.1, -0.05) is 29.8 Å². The largest absolute Gasteiger partial charge is 0.423 e. The van der Waals surface area contributed by atoms with Crippen LogP contribution in [0.3, 0.4) is 0 Å². The van der Waals surface area contributed by atoms with Crippen LogP contribution in [0.25, 0.3) is 11.3 Å². The summed E-state index contributed by atoms with van der Waals surface area (Å²) in [5.41, 5.74) is 2.39. The predicted molar refractivity (Wildman–Crippen MR) is 76.7 cm³/mol. The summed E-state index contributed by atoms with van der Waals surface area (Å²) in [6.45, 7) is 2.03. The number of nitrogens with one attached hydrogen (secondary N) is 1. The van der Waals surface area contributed by atoms with Crippen molar-refractivity contribution < 1.29 is 4.42 Å². The number of rotatable bonds is 3. The molecule has 6 heteroatoms. The maximum atomic E-state index is 8.66. The average molecular weight is 277 g/mol. The molecule has 0 radical (unpaired) electrons. The van der Waals surface area contributed by atoms with Gasteiger partial charge in [0.25, 0.3) is 0 Å². The Morgan fingerprint density at radius 3 is 2.57 bits per heavy atom. The molecule has 1 N–H and O–H groups in total. The Balaban J connectivity index is 1.78. The standard InChI is InChI=1S/C15H11N5O/c1-10-2-4-11(5-3-10)13-9-17-15(21-13)18-14-7-6-12(8-16)19-20-14/h2-7,9H,1H3,(H,17,18,20). The van der Waals surface area contributed by atoms with Crippen LogP contribution in [-0.2, 0) is 0 Å². The van der Waals surface area contributed by atoms with Gasteiger partial charge in [-0.05, 0) is 19.1 Å². The zero-order valence-electron chi connectivity index (χ0n) is 11.2. The molecule has 0 aliphatic rings. The van der Waals surface area contributed by atoms with Gasteiger partial charge in [0.05, 0.1) is 6.20 Å². The van der Waals surface area contributed by atoms with E-state index in [1.54, 1.807) is 18.3 Å². The van der Waals surface area contributed by atoms with Crippen molar-refractivity contribution in [1.29, 1.82) is 5.26 Å². The highest BCUT2D eigenvalue weighted by molar-refractivity contribution is 5.59. The molecule has 0 amide bonds. The second-order valence-electron chi connectivity index (χ2n) is 4.44. The van der Waals surface area contributed by atoms with Crippen LogP contribution >= 0.6 is 0 Å². The number of aryl methyl sites for hydroxylation is 1. The fourth-order valence-electron chi connectivity index (χ4n) is 1.75. The molecule has 6 nitrogen and oxygen atoms in total. The Labute approximate surface area is 121 Å². The number of hydrogen-bond acceptors (Lipinski definition) is 6. The number of anilines is 2. The average Bonchev–Trinajstić information content (AvgIpc) is 2.97. The lowest BCUT2D eigenvalue weighted by atomic mass is 10.1. The van der Waals surface area contributed by atoms with E-state index in [0.717, 1.165) is 5.56 Å². The van der Waals surface area contributed by atoms with Crippen LogP contribution in [0.5, 0.6) is 0 Å². The molecule has 0 fully saturated rings. The van der Waals surface area contributed by atoms with Crippen molar-refractivity contribution >= 4 is 11.8 Å². The highest BCUT2D eigenvalue weighted by atomic mass is 16.4. The molecular formula is C15H11N5O. The number of oxazole rings is 1. The molecule has 0 aliphatic heterocycles. The Bertz CT molecular complexity index is 784. The smallest absolute Gasteiger partial charge is 0.300 e. The Hall–Kier alpha value is -3.20. The third kappa shape index (κ3) is 2.87. The van der Waals surface area contributed by atoms with E-state index in [-0.39, 0.29) is 5.69 Å². The van der Waals surface area contributed by atoms with Crippen LogP contribution in [0.15, 0.2) is 47.0 Å². The van der Waals surface area contributed by atoms with Gasteiger partial charge in [-0.3, -0.25) is 5.32 Å². The van der Waals surface area contributed by atoms with Crippen molar-refractivity contribution in [3.8, 4) is 17.4 Å². The van der Waals surface area contributed by atoms with Gasteiger partial charge in [0.2, 0.25) is 0 Å². The van der Waals surface area contributed by atoms with Crippen LogP contribution in [0.1, 0.15) is 11.3 Å². The molecule has 3 aromatic rings. The van der Waals surface area contributed by atoms with E-state index in [1.165, 1.54) is 5.56 Å². The van der Waals surface area contributed by atoms with E-state index >= 15 is 0 Å². The minimum Gasteiger partial charge on any atom is -0.423 e. The molecule has 2 aromatic heterocycles. The molecule has 3 rings (SSSR count). The van der Waals surface area contributed by atoms with Crippen molar-refractivity contribution in [3.63, 3.8) is 0 Å². The first kappa shape index (κ1) is 12.8. The summed E-state index contributed by atoms with van der Waals surface area (Å²) < 4.78 is 5.62. The number of nitrogens with zero attached hydrogens (tertiary/aromatic N) is 4. The van der Waals surface area contributed by atoms with E-state index < -0.39 is 0 Å².